The van der Waals surface area contributed by atoms with Crippen molar-refractivity contribution < 1.29 is 62.0 Å². The van der Waals surface area contributed by atoms with Crippen molar-refractivity contribution in [2.75, 3.05) is 6.54 Å². The van der Waals surface area contributed by atoms with Gasteiger partial charge in [-0.3, -0.25) is 14.9 Å². The molecule has 0 spiro atoms. The molecule has 0 bridgehead atoms. The van der Waals surface area contributed by atoms with Gasteiger partial charge in [0.1, 0.15) is 4.75 Å². The van der Waals surface area contributed by atoms with Gasteiger partial charge in [-0.2, -0.15) is 39.5 Å². The van der Waals surface area contributed by atoms with Crippen LogP contribution in [0, 0.1) is 10.1 Å². The summed E-state index contributed by atoms with van der Waals surface area (Å²) in [6.45, 7) is -0.873. The Balaban J connectivity index is 2.09. The van der Waals surface area contributed by atoms with E-state index in [1.807, 2.05) is 0 Å². The lowest BCUT2D eigenvalue weighted by atomic mass is 9.76. The average molecular weight is 622 g/mol. The second-order valence-corrected chi connectivity index (χ2v) is 11.7. The van der Waals surface area contributed by atoms with Gasteiger partial charge >= 0.3 is 30.1 Å². The van der Waals surface area contributed by atoms with Crippen LogP contribution in [-0.2, 0) is 31.5 Å². The first-order chi connectivity index (χ1) is 18.6. The molecule has 2 aromatic rings. The van der Waals surface area contributed by atoms with Gasteiger partial charge in [-0.15, -0.1) is 0 Å². The molecule has 0 radical (unpaired) electrons. The third kappa shape index (κ3) is 4.32. The SMILES string of the molecule is O=C(N1CC[C@@]2(S(=O)(=O)c3ccccc3)c3cc([N+](=O)[O-])c(C(F)(C(F)(F)F)C(F)(F)F)cc3CC[C@@H]12)C(F)(F)F. The highest BCUT2D eigenvalue weighted by Gasteiger charge is 2.75. The molecule has 18 heteroatoms. The average Bonchev–Trinajstić information content (AvgIpc) is 3.27. The second-order valence-electron chi connectivity index (χ2n) is 9.44. The van der Waals surface area contributed by atoms with Crippen LogP contribution in [-0.4, -0.2) is 55.3 Å². The fraction of sp³-hybridized carbons (Fsp3) is 0.435. The predicted molar refractivity (Wildman–Crippen MR) is 118 cm³/mol. The van der Waals surface area contributed by atoms with Gasteiger partial charge in [0.05, 0.1) is 21.4 Å². The number of carbonyl (C=O) groups is 1. The molecule has 0 unspecified atom stereocenters. The van der Waals surface area contributed by atoms with E-state index < -0.39 is 109 Å². The third-order valence-electron chi connectivity index (χ3n) is 7.39. The number of aryl methyl sites for hydroxylation is 1. The number of nitro benzene ring substituents is 1. The van der Waals surface area contributed by atoms with Crippen molar-refractivity contribution in [3.05, 3.63) is 69.3 Å². The molecule has 2 aromatic carbocycles. The van der Waals surface area contributed by atoms with Crippen LogP contribution in [0.15, 0.2) is 47.4 Å². The lowest BCUT2D eigenvalue weighted by Gasteiger charge is -2.43. The first-order valence-corrected chi connectivity index (χ1v) is 12.9. The van der Waals surface area contributed by atoms with Crippen molar-refractivity contribution in [2.45, 2.75) is 59.1 Å². The molecule has 4 rings (SSSR count). The molecular formula is C23H16F10N2O5S. The zero-order valence-corrected chi connectivity index (χ0v) is 20.9. The van der Waals surface area contributed by atoms with Gasteiger partial charge in [0.25, 0.3) is 5.69 Å². The molecule has 1 heterocycles. The van der Waals surface area contributed by atoms with Crippen LogP contribution in [0.1, 0.15) is 29.5 Å². The number of sulfone groups is 1. The van der Waals surface area contributed by atoms with E-state index in [2.05, 4.69) is 0 Å². The van der Waals surface area contributed by atoms with Crippen LogP contribution in [0.3, 0.4) is 0 Å². The standard InChI is InChI=1S/C23H16F10N2O5S/c24-20(22(28,29)30,23(31,32)33)15-10-12-6-7-17-19(14(12)11-16(15)35(37)38,8-9-34(17)18(36)21(25,26)27)41(39,40)13-4-2-1-3-5-13/h1-5,10-11,17H,6-9H2/t17-,19-/m1/s1. The van der Waals surface area contributed by atoms with Crippen molar-refractivity contribution in [3.63, 3.8) is 0 Å². The molecule has 1 amide bonds. The van der Waals surface area contributed by atoms with Crippen LogP contribution in [0.4, 0.5) is 49.6 Å². The molecule has 0 aromatic heterocycles. The fourth-order valence-electron chi connectivity index (χ4n) is 5.66. The Morgan fingerprint density at radius 2 is 1.51 bits per heavy atom. The minimum atomic E-state index is -6.75. The number of benzene rings is 2. The summed E-state index contributed by atoms with van der Waals surface area (Å²) in [5, 5.41) is 11.8. The quantitative estimate of drug-likeness (QED) is 0.249. The van der Waals surface area contributed by atoms with E-state index in [1.54, 1.807) is 0 Å². The molecule has 1 aliphatic heterocycles. The van der Waals surface area contributed by atoms with E-state index in [-0.39, 0.29) is 17.0 Å². The number of amides is 1. The largest absolute Gasteiger partial charge is 0.471 e. The third-order valence-corrected chi connectivity index (χ3v) is 9.94. The summed E-state index contributed by atoms with van der Waals surface area (Å²) in [6.07, 6.45) is -21.3. The van der Waals surface area contributed by atoms with Crippen molar-refractivity contribution in [1.29, 1.82) is 0 Å². The van der Waals surface area contributed by atoms with Crippen molar-refractivity contribution in [1.82, 2.24) is 4.90 Å². The maximum atomic E-state index is 15.0. The minimum absolute atomic E-state index is 0.0324. The lowest BCUT2D eigenvalue weighted by Crippen LogP contribution is -2.54. The number of nitro groups is 1. The normalized spacial score (nSPS) is 21.8. The van der Waals surface area contributed by atoms with E-state index in [0.717, 1.165) is 12.1 Å². The van der Waals surface area contributed by atoms with E-state index in [1.165, 1.54) is 18.2 Å². The van der Waals surface area contributed by atoms with Crippen LogP contribution in [0.5, 0.6) is 0 Å². The number of rotatable bonds is 4. The summed E-state index contributed by atoms with van der Waals surface area (Å²) in [5.41, 5.74) is -12.3. The highest BCUT2D eigenvalue weighted by atomic mass is 32.2. The number of fused-ring (bicyclic) bond motifs is 3. The Hall–Kier alpha value is -3.44. The van der Waals surface area contributed by atoms with Crippen molar-refractivity contribution in [3.8, 4) is 0 Å². The molecule has 2 aliphatic rings. The van der Waals surface area contributed by atoms with Gasteiger partial charge in [0.2, 0.25) is 0 Å². The Kier molecular flexibility index (Phi) is 6.91. The zero-order chi connectivity index (χ0) is 31.0. The number of hydrogen-bond donors (Lipinski definition) is 0. The monoisotopic (exact) mass is 622 g/mol. The summed E-state index contributed by atoms with van der Waals surface area (Å²) >= 11 is 0. The molecule has 0 saturated carbocycles. The van der Waals surface area contributed by atoms with Crippen molar-refractivity contribution in [2.24, 2.45) is 0 Å². The molecule has 1 saturated heterocycles. The van der Waals surface area contributed by atoms with Gasteiger partial charge in [-0.25, -0.2) is 12.8 Å². The smallest absolute Gasteiger partial charge is 0.330 e. The molecule has 224 valence electrons. The van der Waals surface area contributed by atoms with E-state index in [0.29, 0.717) is 0 Å². The van der Waals surface area contributed by atoms with E-state index in [9.17, 15) is 62.8 Å². The first-order valence-electron chi connectivity index (χ1n) is 11.4. The fourth-order valence-corrected chi connectivity index (χ4v) is 8.04. The Morgan fingerprint density at radius 1 is 0.951 bits per heavy atom. The number of nitrogens with zero attached hydrogens (tertiary/aromatic N) is 2. The number of hydrogen-bond acceptors (Lipinski definition) is 5. The number of alkyl halides is 10. The number of halogens is 10. The molecule has 1 aliphatic carbocycles. The van der Waals surface area contributed by atoms with Gasteiger partial charge in [0.15, 0.2) is 9.84 Å². The first kappa shape index (κ1) is 30.5. The Labute approximate surface area is 223 Å². The molecule has 2 atom stereocenters. The Bertz CT molecular complexity index is 1490. The van der Waals surface area contributed by atoms with Crippen molar-refractivity contribution >= 4 is 21.4 Å². The topological polar surface area (TPSA) is 97.6 Å². The number of carbonyl (C=O) groups excluding carboxylic acids is 1. The van der Waals surface area contributed by atoms with Crippen LogP contribution in [0.25, 0.3) is 0 Å². The zero-order valence-electron chi connectivity index (χ0n) is 20.1. The van der Waals surface area contributed by atoms with Crippen LogP contribution >= 0.6 is 0 Å². The van der Waals surface area contributed by atoms with Gasteiger partial charge < -0.3 is 4.90 Å². The summed E-state index contributed by atoms with van der Waals surface area (Å²) in [7, 11) is -4.96. The van der Waals surface area contributed by atoms with Crippen LogP contribution < -0.4 is 0 Å². The lowest BCUT2D eigenvalue weighted by molar-refractivity contribution is -0.394. The van der Waals surface area contributed by atoms with E-state index in [4.69, 9.17) is 0 Å². The maximum absolute atomic E-state index is 15.0. The molecular weight excluding hydrogens is 606 g/mol. The number of likely N-dealkylation sites (tertiary alicyclic amines) is 1. The Morgan fingerprint density at radius 3 is 2.00 bits per heavy atom. The van der Waals surface area contributed by atoms with E-state index >= 15 is 4.39 Å². The van der Waals surface area contributed by atoms with Crippen LogP contribution in [0.2, 0.25) is 0 Å². The maximum Gasteiger partial charge on any atom is 0.471 e. The second kappa shape index (κ2) is 9.29. The summed E-state index contributed by atoms with van der Waals surface area (Å²) in [5.74, 6) is -2.46. The minimum Gasteiger partial charge on any atom is -0.330 e. The highest BCUT2D eigenvalue weighted by Crippen LogP contribution is 2.59. The molecule has 0 N–H and O–H groups in total. The highest BCUT2D eigenvalue weighted by molar-refractivity contribution is 7.92. The summed E-state index contributed by atoms with van der Waals surface area (Å²) < 4.78 is 162. The van der Waals surface area contributed by atoms with Gasteiger partial charge in [0, 0.05) is 12.6 Å². The summed E-state index contributed by atoms with van der Waals surface area (Å²) in [6, 6.07) is 3.85. The van der Waals surface area contributed by atoms with Gasteiger partial charge in [-0.05, 0) is 48.6 Å². The molecule has 7 nitrogen and oxygen atoms in total. The molecule has 1 fully saturated rings. The molecule has 41 heavy (non-hydrogen) atoms. The predicted octanol–water partition coefficient (Wildman–Crippen LogP) is 5.66. The van der Waals surface area contributed by atoms with Gasteiger partial charge in [-0.1, -0.05) is 18.2 Å². The summed E-state index contributed by atoms with van der Waals surface area (Å²) in [4.78, 5) is 21.8.